The third kappa shape index (κ3) is 4.48. The molecule has 0 aliphatic carbocycles. The molecule has 0 aromatic carbocycles. The van der Waals surface area contributed by atoms with Gasteiger partial charge in [0, 0.05) is 25.8 Å². The van der Waals surface area contributed by atoms with Crippen LogP contribution in [0.15, 0.2) is 22.9 Å². The summed E-state index contributed by atoms with van der Waals surface area (Å²) >= 11 is 0. The first kappa shape index (κ1) is 18.8. The molecule has 2 aromatic rings. The number of pyridine rings is 1. The number of aromatic nitrogens is 3. The largest absolute Gasteiger partial charge is 0.376 e. The normalized spacial score (nSPS) is 22.8. The summed E-state index contributed by atoms with van der Waals surface area (Å²) in [5.74, 6) is 1.91. The van der Waals surface area contributed by atoms with E-state index in [-0.39, 0.29) is 17.9 Å². The molecule has 0 saturated carbocycles. The molecule has 0 spiro atoms. The van der Waals surface area contributed by atoms with E-state index in [0.717, 1.165) is 30.8 Å². The van der Waals surface area contributed by atoms with E-state index in [4.69, 9.17) is 14.0 Å². The van der Waals surface area contributed by atoms with Crippen LogP contribution in [0, 0.1) is 12.8 Å². The van der Waals surface area contributed by atoms with Crippen LogP contribution in [0.5, 0.6) is 0 Å². The molecule has 2 atom stereocenters. The summed E-state index contributed by atoms with van der Waals surface area (Å²) in [6.07, 6.45) is 3.50. The molecule has 1 N–H and O–H groups in total. The highest BCUT2D eigenvalue weighted by atomic mass is 16.6. The topological polar surface area (TPSA) is 103 Å². The van der Waals surface area contributed by atoms with Crippen LogP contribution in [0.2, 0.25) is 0 Å². The molecule has 0 radical (unpaired) electrons. The zero-order valence-corrected chi connectivity index (χ0v) is 16.0. The average molecular weight is 387 g/mol. The Morgan fingerprint density at radius 3 is 3.00 bits per heavy atom. The number of nitrogens with one attached hydrogen (secondary N) is 1. The van der Waals surface area contributed by atoms with Crippen molar-refractivity contribution in [3.8, 4) is 11.5 Å². The molecule has 9 heteroatoms. The number of carbonyl (C=O) groups is 1. The summed E-state index contributed by atoms with van der Waals surface area (Å²) in [5, 5.41) is 6.81. The molecule has 28 heavy (non-hydrogen) atoms. The summed E-state index contributed by atoms with van der Waals surface area (Å²) in [7, 11) is 0. The van der Waals surface area contributed by atoms with E-state index in [0.29, 0.717) is 44.6 Å². The zero-order chi connectivity index (χ0) is 19.3. The number of piperidine rings is 1. The maximum Gasteiger partial charge on any atom is 0.259 e. The molecule has 0 bridgehead atoms. The molecule has 2 aliphatic rings. The fraction of sp³-hybridized carbons (Fsp3) is 0.579. The second-order valence-electron chi connectivity index (χ2n) is 7.15. The Labute approximate surface area is 163 Å². The number of nitrogens with zero attached hydrogens (tertiary/aromatic N) is 4. The highest BCUT2D eigenvalue weighted by Gasteiger charge is 2.27. The lowest BCUT2D eigenvalue weighted by atomic mass is 9.97. The van der Waals surface area contributed by atoms with E-state index in [2.05, 4.69) is 25.3 Å². The van der Waals surface area contributed by atoms with Crippen molar-refractivity contribution in [1.29, 1.82) is 0 Å². The number of hydrogen-bond acceptors (Lipinski definition) is 8. The maximum absolute atomic E-state index is 12.6. The fourth-order valence-electron chi connectivity index (χ4n) is 3.53. The molecule has 2 aliphatic heterocycles. The highest BCUT2D eigenvalue weighted by molar-refractivity contribution is 5.79. The molecule has 2 aromatic heterocycles. The van der Waals surface area contributed by atoms with Gasteiger partial charge in [0.2, 0.25) is 5.91 Å². The van der Waals surface area contributed by atoms with Crippen molar-refractivity contribution in [3.63, 3.8) is 0 Å². The Kier molecular flexibility index (Phi) is 5.82. The van der Waals surface area contributed by atoms with Crippen LogP contribution < -0.4 is 10.2 Å². The van der Waals surface area contributed by atoms with Crippen LogP contribution in [-0.4, -0.2) is 66.6 Å². The first-order valence-corrected chi connectivity index (χ1v) is 9.68. The number of ether oxygens (including phenoxy) is 2. The molecule has 4 heterocycles. The standard InChI is InChI=1S/C19H25N5O4/c1-13-22-19(28-23-13)14-4-5-17(20-9-14)24-6-2-3-15(11-24)18(25)21-10-16-12-26-7-8-27-16/h4-5,9,15-16H,2-3,6-8,10-12H2,1H3,(H,21,25)/t15-,16+/m0/s1. The Hall–Kier alpha value is -2.52. The van der Waals surface area contributed by atoms with Crippen molar-refractivity contribution < 1.29 is 18.8 Å². The fourth-order valence-corrected chi connectivity index (χ4v) is 3.53. The lowest BCUT2D eigenvalue weighted by Gasteiger charge is -2.33. The lowest BCUT2D eigenvalue weighted by molar-refractivity contribution is -0.127. The lowest BCUT2D eigenvalue weighted by Crippen LogP contribution is -2.46. The van der Waals surface area contributed by atoms with Crippen molar-refractivity contribution in [1.82, 2.24) is 20.4 Å². The maximum atomic E-state index is 12.6. The van der Waals surface area contributed by atoms with Gasteiger partial charge in [-0.2, -0.15) is 4.98 Å². The zero-order valence-electron chi connectivity index (χ0n) is 16.0. The summed E-state index contributed by atoms with van der Waals surface area (Å²) < 4.78 is 16.1. The third-order valence-electron chi connectivity index (χ3n) is 5.03. The second kappa shape index (κ2) is 8.66. The number of hydrogen-bond donors (Lipinski definition) is 1. The van der Waals surface area contributed by atoms with E-state index >= 15 is 0 Å². The monoisotopic (exact) mass is 387 g/mol. The van der Waals surface area contributed by atoms with Gasteiger partial charge in [0.15, 0.2) is 5.82 Å². The summed E-state index contributed by atoms with van der Waals surface area (Å²) in [6, 6.07) is 3.85. The first-order valence-electron chi connectivity index (χ1n) is 9.68. The number of aryl methyl sites for hydroxylation is 1. The van der Waals surface area contributed by atoms with Crippen LogP contribution in [0.3, 0.4) is 0 Å². The van der Waals surface area contributed by atoms with E-state index in [1.165, 1.54) is 0 Å². The predicted octanol–water partition coefficient (Wildman–Crippen LogP) is 1.19. The van der Waals surface area contributed by atoms with Gasteiger partial charge in [0.05, 0.1) is 37.4 Å². The van der Waals surface area contributed by atoms with Gasteiger partial charge >= 0.3 is 0 Å². The van der Waals surface area contributed by atoms with Crippen molar-refractivity contribution in [2.45, 2.75) is 25.9 Å². The summed E-state index contributed by atoms with van der Waals surface area (Å²) in [4.78, 5) is 23.5. The Morgan fingerprint density at radius 1 is 1.36 bits per heavy atom. The van der Waals surface area contributed by atoms with Gasteiger partial charge in [-0.25, -0.2) is 4.98 Å². The number of amides is 1. The predicted molar refractivity (Wildman–Crippen MR) is 101 cm³/mol. The average Bonchev–Trinajstić information content (AvgIpc) is 3.19. The van der Waals surface area contributed by atoms with E-state index in [1.54, 1.807) is 13.1 Å². The molecule has 0 unspecified atom stereocenters. The smallest absolute Gasteiger partial charge is 0.259 e. The Bertz CT molecular complexity index is 788. The molecule has 9 nitrogen and oxygen atoms in total. The second-order valence-corrected chi connectivity index (χ2v) is 7.15. The van der Waals surface area contributed by atoms with E-state index < -0.39 is 0 Å². The van der Waals surface area contributed by atoms with Crippen molar-refractivity contribution in [2.75, 3.05) is 44.4 Å². The van der Waals surface area contributed by atoms with Gasteiger partial charge < -0.3 is 24.2 Å². The highest BCUT2D eigenvalue weighted by Crippen LogP contribution is 2.24. The number of carbonyl (C=O) groups excluding carboxylic acids is 1. The quantitative estimate of drug-likeness (QED) is 0.816. The third-order valence-corrected chi connectivity index (χ3v) is 5.03. The van der Waals surface area contributed by atoms with Crippen LogP contribution in [0.25, 0.3) is 11.5 Å². The van der Waals surface area contributed by atoms with Gasteiger partial charge in [-0.05, 0) is 31.9 Å². The van der Waals surface area contributed by atoms with Crippen molar-refractivity contribution >= 4 is 11.7 Å². The SMILES string of the molecule is Cc1noc(-c2ccc(N3CCC[C@H](C(=O)NC[C@@H]4COCCO4)C3)nc2)n1. The van der Waals surface area contributed by atoms with Crippen molar-refractivity contribution in [3.05, 3.63) is 24.2 Å². The van der Waals surface area contributed by atoms with Gasteiger partial charge in [-0.3, -0.25) is 4.79 Å². The van der Waals surface area contributed by atoms with Crippen LogP contribution in [0.4, 0.5) is 5.82 Å². The summed E-state index contributed by atoms with van der Waals surface area (Å²) in [5.41, 5.74) is 0.783. The first-order chi connectivity index (χ1) is 13.7. The Morgan fingerprint density at radius 2 is 2.29 bits per heavy atom. The van der Waals surface area contributed by atoms with Gasteiger partial charge in [-0.1, -0.05) is 5.16 Å². The molecule has 1 amide bonds. The molecule has 2 fully saturated rings. The number of anilines is 1. The molecule has 150 valence electrons. The molecule has 2 saturated heterocycles. The van der Waals surface area contributed by atoms with E-state index in [9.17, 15) is 4.79 Å². The van der Waals surface area contributed by atoms with Crippen LogP contribution in [-0.2, 0) is 14.3 Å². The van der Waals surface area contributed by atoms with Crippen molar-refractivity contribution in [2.24, 2.45) is 5.92 Å². The van der Waals surface area contributed by atoms with E-state index in [1.807, 2.05) is 12.1 Å². The van der Waals surface area contributed by atoms with Gasteiger partial charge in [0.1, 0.15) is 5.82 Å². The number of rotatable bonds is 5. The summed E-state index contributed by atoms with van der Waals surface area (Å²) in [6.45, 7) is 5.55. The minimum Gasteiger partial charge on any atom is -0.376 e. The van der Waals surface area contributed by atoms with Crippen LogP contribution in [0.1, 0.15) is 18.7 Å². The minimum absolute atomic E-state index is 0.0556. The van der Waals surface area contributed by atoms with Gasteiger partial charge in [-0.15, -0.1) is 0 Å². The molecular formula is C19H25N5O4. The molecule has 4 rings (SSSR count). The van der Waals surface area contributed by atoms with Gasteiger partial charge in [0.25, 0.3) is 5.89 Å². The van der Waals surface area contributed by atoms with Crippen LogP contribution >= 0.6 is 0 Å². The Balaban J connectivity index is 1.33. The minimum atomic E-state index is -0.0571. The molecular weight excluding hydrogens is 362 g/mol.